The van der Waals surface area contributed by atoms with Crippen molar-refractivity contribution < 1.29 is 9.26 Å². The average Bonchev–Trinajstić information content (AvgIpc) is 3.17. The fourth-order valence-corrected chi connectivity index (χ4v) is 3.76. The first-order valence-electron chi connectivity index (χ1n) is 6.83. The van der Waals surface area contributed by atoms with Crippen LogP contribution in [-0.4, -0.2) is 23.3 Å². The number of halogens is 1. The Morgan fingerprint density at radius 1 is 1.32 bits per heavy atom. The van der Waals surface area contributed by atoms with Crippen LogP contribution in [0.5, 0.6) is 5.75 Å². The SMILES string of the molecule is Brc1csc(-c2noc(CN3CCOc4ccccc43)n2)c1. The van der Waals surface area contributed by atoms with Crippen LogP contribution in [0.2, 0.25) is 0 Å². The number of aromatic nitrogens is 2. The van der Waals surface area contributed by atoms with E-state index in [1.807, 2.05) is 35.7 Å². The summed E-state index contributed by atoms with van der Waals surface area (Å²) in [6.07, 6.45) is 0. The van der Waals surface area contributed by atoms with E-state index in [2.05, 4.69) is 31.0 Å². The summed E-state index contributed by atoms with van der Waals surface area (Å²) in [7, 11) is 0. The van der Waals surface area contributed by atoms with Crippen LogP contribution < -0.4 is 9.64 Å². The third-order valence-electron chi connectivity index (χ3n) is 3.41. The Labute approximate surface area is 139 Å². The number of thiophene rings is 1. The Bertz CT molecular complexity index is 801. The summed E-state index contributed by atoms with van der Waals surface area (Å²) in [5, 5.41) is 6.07. The lowest BCUT2D eigenvalue weighted by Gasteiger charge is -2.29. The lowest BCUT2D eigenvalue weighted by molar-refractivity contribution is 0.300. The number of para-hydroxylation sites is 2. The van der Waals surface area contributed by atoms with Gasteiger partial charge in [-0.15, -0.1) is 11.3 Å². The van der Waals surface area contributed by atoms with E-state index < -0.39 is 0 Å². The molecule has 0 atom stereocenters. The lowest BCUT2D eigenvalue weighted by atomic mass is 10.2. The predicted molar refractivity (Wildman–Crippen MR) is 88.3 cm³/mol. The van der Waals surface area contributed by atoms with E-state index in [9.17, 15) is 0 Å². The molecule has 0 amide bonds. The molecule has 2 aromatic heterocycles. The number of nitrogens with zero attached hydrogens (tertiary/aromatic N) is 3. The van der Waals surface area contributed by atoms with E-state index in [0.717, 1.165) is 27.3 Å². The molecule has 0 bridgehead atoms. The molecule has 0 unspecified atom stereocenters. The summed E-state index contributed by atoms with van der Waals surface area (Å²) in [5.41, 5.74) is 1.06. The molecule has 0 spiro atoms. The number of benzene rings is 1. The molecule has 4 rings (SSSR count). The van der Waals surface area contributed by atoms with Gasteiger partial charge in [0.1, 0.15) is 12.4 Å². The molecule has 5 nitrogen and oxygen atoms in total. The molecular formula is C15H12BrN3O2S. The van der Waals surface area contributed by atoms with Crippen LogP contribution in [0.15, 0.2) is 44.7 Å². The van der Waals surface area contributed by atoms with Crippen LogP contribution in [0.3, 0.4) is 0 Å². The number of rotatable bonds is 3. The van der Waals surface area contributed by atoms with Crippen molar-refractivity contribution in [2.45, 2.75) is 6.54 Å². The first-order chi connectivity index (χ1) is 10.8. The van der Waals surface area contributed by atoms with Gasteiger partial charge in [0.25, 0.3) is 0 Å². The van der Waals surface area contributed by atoms with Crippen molar-refractivity contribution in [3.8, 4) is 16.5 Å². The van der Waals surface area contributed by atoms with Crippen molar-refractivity contribution in [2.75, 3.05) is 18.1 Å². The molecule has 0 saturated heterocycles. The highest BCUT2D eigenvalue weighted by atomic mass is 79.9. The third-order valence-corrected chi connectivity index (χ3v) is 5.09. The van der Waals surface area contributed by atoms with Crippen LogP contribution in [0, 0.1) is 0 Å². The maximum absolute atomic E-state index is 5.66. The number of hydrogen-bond donors (Lipinski definition) is 0. The topological polar surface area (TPSA) is 51.4 Å². The van der Waals surface area contributed by atoms with Gasteiger partial charge in [0, 0.05) is 9.85 Å². The minimum absolute atomic E-state index is 0.583. The van der Waals surface area contributed by atoms with Crippen LogP contribution in [0.25, 0.3) is 10.7 Å². The molecule has 0 aliphatic carbocycles. The number of fused-ring (bicyclic) bond motifs is 1. The molecule has 1 aliphatic heterocycles. The second-order valence-corrected chi connectivity index (χ2v) is 6.71. The van der Waals surface area contributed by atoms with E-state index in [1.165, 1.54) is 0 Å². The Balaban J connectivity index is 1.56. The Morgan fingerprint density at radius 3 is 3.09 bits per heavy atom. The van der Waals surface area contributed by atoms with Crippen molar-refractivity contribution in [1.82, 2.24) is 10.1 Å². The highest BCUT2D eigenvalue weighted by Gasteiger charge is 2.20. The minimum Gasteiger partial charge on any atom is -0.490 e. The number of hydrogen-bond acceptors (Lipinski definition) is 6. The second kappa shape index (κ2) is 5.73. The molecule has 112 valence electrons. The van der Waals surface area contributed by atoms with Gasteiger partial charge in [-0.25, -0.2) is 0 Å². The first-order valence-corrected chi connectivity index (χ1v) is 8.50. The highest BCUT2D eigenvalue weighted by molar-refractivity contribution is 9.10. The highest BCUT2D eigenvalue weighted by Crippen LogP contribution is 2.32. The van der Waals surface area contributed by atoms with E-state index in [1.54, 1.807) is 11.3 Å². The van der Waals surface area contributed by atoms with E-state index in [4.69, 9.17) is 9.26 Å². The van der Waals surface area contributed by atoms with Crippen molar-refractivity contribution in [1.29, 1.82) is 0 Å². The van der Waals surface area contributed by atoms with Crippen LogP contribution in [0.4, 0.5) is 5.69 Å². The maximum Gasteiger partial charge on any atom is 0.246 e. The molecule has 0 radical (unpaired) electrons. The van der Waals surface area contributed by atoms with Gasteiger partial charge in [0.05, 0.1) is 23.7 Å². The van der Waals surface area contributed by atoms with Crippen molar-refractivity contribution >= 4 is 33.0 Å². The third kappa shape index (κ3) is 2.62. The van der Waals surface area contributed by atoms with Crippen molar-refractivity contribution in [2.24, 2.45) is 0 Å². The number of anilines is 1. The fraction of sp³-hybridized carbons (Fsp3) is 0.200. The van der Waals surface area contributed by atoms with Gasteiger partial charge in [-0.2, -0.15) is 4.98 Å². The van der Waals surface area contributed by atoms with Gasteiger partial charge < -0.3 is 14.2 Å². The molecule has 1 aliphatic rings. The van der Waals surface area contributed by atoms with Crippen molar-refractivity contribution in [3.05, 3.63) is 46.1 Å². The lowest BCUT2D eigenvalue weighted by Crippen LogP contribution is -2.32. The molecule has 3 aromatic rings. The summed E-state index contributed by atoms with van der Waals surface area (Å²) in [5.74, 6) is 2.14. The normalized spacial score (nSPS) is 13.8. The number of ether oxygens (including phenoxy) is 1. The van der Waals surface area contributed by atoms with Crippen LogP contribution in [-0.2, 0) is 6.54 Å². The largest absolute Gasteiger partial charge is 0.490 e. The zero-order valence-electron chi connectivity index (χ0n) is 11.5. The Kier molecular flexibility index (Phi) is 3.59. The molecule has 7 heteroatoms. The molecular weight excluding hydrogens is 366 g/mol. The van der Waals surface area contributed by atoms with Gasteiger partial charge >= 0.3 is 0 Å². The van der Waals surface area contributed by atoms with Crippen LogP contribution >= 0.6 is 27.3 Å². The van der Waals surface area contributed by atoms with Gasteiger partial charge in [0.15, 0.2) is 0 Å². The van der Waals surface area contributed by atoms with Crippen LogP contribution in [0.1, 0.15) is 5.89 Å². The molecule has 0 saturated carbocycles. The Morgan fingerprint density at radius 2 is 2.23 bits per heavy atom. The van der Waals surface area contributed by atoms with Gasteiger partial charge in [-0.05, 0) is 34.1 Å². The zero-order chi connectivity index (χ0) is 14.9. The molecule has 3 heterocycles. The van der Waals surface area contributed by atoms with Gasteiger partial charge in [-0.3, -0.25) is 0 Å². The minimum atomic E-state index is 0.583. The molecule has 1 aromatic carbocycles. The second-order valence-electron chi connectivity index (χ2n) is 4.88. The summed E-state index contributed by atoms with van der Waals surface area (Å²) < 4.78 is 12.1. The fourth-order valence-electron chi connectivity index (χ4n) is 2.40. The Hall–Kier alpha value is -1.86. The quantitative estimate of drug-likeness (QED) is 0.691. The van der Waals surface area contributed by atoms with Gasteiger partial charge in [0.2, 0.25) is 11.7 Å². The van der Waals surface area contributed by atoms with E-state index in [-0.39, 0.29) is 0 Å². The van der Waals surface area contributed by atoms with Gasteiger partial charge in [-0.1, -0.05) is 17.3 Å². The average molecular weight is 378 g/mol. The summed E-state index contributed by atoms with van der Waals surface area (Å²) in [6, 6.07) is 9.99. The molecule has 22 heavy (non-hydrogen) atoms. The summed E-state index contributed by atoms with van der Waals surface area (Å²) in [4.78, 5) is 7.68. The molecule has 0 fully saturated rings. The van der Waals surface area contributed by atoms with Crippen molar-refractivity contribution in [3.63, 3.8) is 0 Å². The zero-order valence-corrected chi connectivity index (χ0v) is 13.9. The maximum atomic E-state index is 5.66. The van der Waals surface area contributed by atoms with E-state index >= 15 is 0 Å². The summed E-state index contributed by atoms with van der Waals surface area (Å²) in [6.45, 7) is 2.05. The monoisotopic (exact) mass is 377 g/mol. The predicted octanol–water partition coefficient (Wildman–Crippen LogP) is 3.96. The standard InChI is InChI=1S/C15H12BrN3O2S/c16-10-7-13(22-9-10)15-17-14(21-18-15)8-19-5-6-20-12-4-2-1-3-11(12)19/h1-4,7,9H,5-6,8H2. The first kappa shape index (κ1) is 13.8. The molecule has 0 N–H and O–H groups in total. The smallest absolute Gasteiger partial charge is 0.246 e. The summed E-state index contributed by atoms with van der Waals surface area (Å²) >= 11 is 5.02. The van der Waals surface area contributed by atoms with E-state index in [0.29, 0.717) is 24.9 Å².